The van der Waals surface area contributed by atoms with E-state index in [1.165, 1.54) is 12.3 Å². The number of anilines is 2. The van der Waals surface area contributed by atoms with Gasteiger partial charge in [-0.15, -0.1) is 0 Å². The summed E-state index contributed by atoms with van der Waals surface area (Å²) in [5, 5.41) is 15.5. The average molecular weight is 376 g/mol. The molecule has 2 rings (SSSR count). The molecule has 0 saturated carbocycles. The molecular formula is C18H15Cl2N3O2. The smallest absolute Gasteiger partial charge is 0.267 e. The quantitative estimate of drug-likeness (QED) is 0.582. The second-order valence-corrected chi connectivity index (χ2v) is 5.94. The van der Waals surface area contributed by atoms with Gasteiger partial charge in [0.05, 0.1) is 23.5 Å². The van der Waals surface area contributed by atoms with Crippen LogP contribution >= 0.6 is 23.2 Å². The molecule has 2 N–H and O–H groups in total. The number of nitrogens with zero attached hydrogens (tertiary/aromatic N) is 1. The first-order valence-corrected chi connectivity index (χ1v) is 7.98. The third kappa shape index (κ3) is 4.90. The summed E-state index contributed by atoms with van der Waals surface area (Å²) in [6.07, 6.45) is 1.32. The lowest BCUT2D eigenvalue weighted by atomic mass is 10.2. The van der Waals surface area contributed by atoms with Gasteiger partial charge < -0.3 is 15.4 Å². The van der Waals surface area contributed by atoms with Crippen molar-refractivity contribution in [2.24, 2.45) is 0 Å². The van der Waals surface area contributed by atoms with Crippen molar-refractivity contribution in [1.29, 1.82) is 5.26 Å². The van der Waals surface area contributed by atoms with Gasteiger partial charge in [0, 0.05) is 11.2 Å². The molecule has 0 heterocycles. The van der Waals surface area contributed by atoms with Crippen LogP contribution in [0.25, 0.3) is 0 Å². The average Bonchev–Trinajstić information content (AvgIpc) is 2.58. The molecule has 0 aliphatic heterocycles. The third-order valence-electron chi connectivity index (χ3n) is 3.27. The van der Waals surface area contributed by atoms with Gasteiger partial charge in [-0.1, -0.05) is 29.3 Å². The van der Waals surface area contributed by atoms with E-state index in [4.69, 9.17) is 27.9 Å². The van der Waals surface area contributed by atoms with E-state index in [0.29, 0.717) is 22.1 Å². The maximum atomic E-state index is 12.3. The minimum absolute atomic E-state index is 0.116. The molecule has 0 bridgehead atoms. The second kappa shape index (κ2) is 8.43. The summed E-state index contributed by atoms with van der Waals surface area (Å²) in [6.45, 7) is 1.93. The lowest BCUT2D eigenvalue weighted by molar-refractivity contribution is -0.112. The third-order valence-corrected chi connectivity index (χ3v) is 3.82. The Morgan fingerprint density at radius 1 is 1.20 bits per heavy atom. The Kier molecular flexibility index (Phi) is 6.29. The summed E-state index contributed by atoms with van der Waals surface area (Å²) < 4.78 is 5.24. The highest BCUT2D eigenvalue weighted by Gasteiger charge is 2.12. The van der Waals surface area contributed by atoms with Gasteiger partial charge in [-0.05, 0) is 42.8 Å². The molecule has 5 nitrogen and oxygen atoms in total. The summed E-state index contributed by atoms with van der Waals surface area (Å²) >= 11 is 11.8. The van der Waals surface area contributed by atoms with Gasteiger partial charge in [0.15, 0.2) is 0 Å². The van der Waals surface area contributed by atoms with E-state index >= 15 is 0 Å². The van der Waals surface area contributed by atoms with Gasteiger partial charge in [-0.25, -0.2) is 0 Å². The normalized spacial score (nSPS) is 10.8. The van der Waals surface area contributed by atoms with Crippen LogP contribution in [0, 0.1) is 18.3 Å². The molecule has 0 aromatic heterocycles. The van der Waals surface area contributed by atoms with E-state index in [1.54, 1.807) is 25.3 Å². The topological polar surface area (TPSA) is 74.1 Å². The number of carbonyl (C=O) groups excluding carboxylic acids is 1. The van der Waals surface area contributed by atoms with Crippen LogP contribution in [0.4, 0.5) is 11.4 Å². The molecule has 128 valence electrons. The van der Waals surface area contributed by atoms with Crippen LogP contribution in [0.15, 0.2) is 48.2 Å². The van der Waals surface area contributed by atoms with Gasteiger partial charge in [0.1, 0.15) is 17.4 Å². The van der Waals surface area contributed by atoms with E-state index in [2.05, 4.69) is 10.6 Å². The van der Waals surface area contributed by atoms with Crippen molar-refractivity contribution in [3.05, 3.63) is 63.8 Å². The Morgan fingerprint density at radius 2 is 1.96 bits per heavy atom. The number of ether oxygens (including phenoxy) is 1. The van der Waals surface area contributed by atoms with Crippen molar-refractivity contribution in [3.8, 4) is 11.8 Å². The van der Waals surface area contributed by atoms with Crippen LogP contribution < -0.4 is 15.4 Å². The highest BCUT2D eigenvalue weighted by Crippen LogP contribution is 2.27. The Balaban J connectivity index is 2.18. The Morgan fingerprint density at radius 3 is 2.60 bits per heavy atom. The van der Waals surface area contributed by atoms with Gasteiger partial charge >= 0.3 is 0 Å². The van der Waals surface area contributed by atoms with Crippen LogP contribution in [0.1, 0.15) is 5.56 Å². The number of aryl methyl sites for hydroxylation is 1. The van der Waals surface area contributed by atoms with Crippen LogP contribution in [-0.4, -0.2) is 13.0 Å². The summed E-state index contributed by atoms with van der Waals surface area (Å²) in [4.78, 5) is 12.3. The maximum Gasteiger partial charge on any atom is 0.267 e. The molecule has 0 aliphatic rings. The number of hydrogen-bond donors (Lipinski definition) is 2. The molecular weight excluding hydrogens is 361 g/mol. The molecule has 0 spiro atoms. The molecule has 0 aliphatic carbocycles. The minimum Gasteiger partial charge on any atom is -0.495 e. The fraction of sp³-hybridized carbons (Fsp3) is 0.111. The zero-order chi connectivity index (χ0) is 18.4. The number of nitriles is 1. The van der Waals surface area contributed by atoms with Crippen LogP contribution in [0.2, 0.25) is 10.0 Å². The van der Waals surface area contributed by atoms with Gasteiger partial charge in [-0.3, -0.25) is 4.79 Å². The van der Waals surface area contributed by atoms with Crippen LogP contribution in [-0.2, 0) is 4.79 Å². The summed E-state index contributed by atoms with van der Waals surface area (Å²) in [6, 6.07) is 12.1. The van der Waals surface area contributed by atoms with E-state index in [0.717, 1.165) is 5.56 Å². The fourth-order valence-electron chi connectivity index (χ4n) is 2.01. The summed E-state index contributed by atoms with van der Waals surface area (Å²) in [5.41, 5.74) is 1.90. The number of halogens is 2. The highest BCUT2D eigenvalue weighted by atomic mass is 35.5. The first-order valence-electron chi connectivity index (χ1n) is 7.22. The molecule has 0 fully saturated rings. The van der Waals surface area contributed by atoms with Crippen molar-refractivity contribution in [3.63, 3.8) is 0 Å². The molecule has 0 saturated heterocycles. The second-order valence-electron chi connectivity index (χ2n) is 5.10. The largest absolute Gasteiger partial charge is 0.495 e. The Labute approximate surface area is 155 Å². The van der Waals surface area contributed by atoms with Gasteiger partial charge in [0.2, 0.25) is 0 Å². The number of carbonyl (C=O) groups is 1. The van der Waals surface area contributed by atoms with Crippen molar-refractivity contribution in [1.82, 2.24) is 0 Å². The fourth-order valence-corrected chi connectivity index (χ4v) is 2.47. The summed E-state index contributed by atoms with van der Waals surface area (Å²) in [7, 11) is 1.54. The number of benzene rings is 2. The first-order chi connectivity index (χ1) is 11.9. The zero-order valence-corrected chi connectivity index (χ0v) is 15.1. The standard InChI is InChI=1S/C18H15Cl2N3O2/c1-11-3-6-17(25-2)16(7-11)22-10-12(9-21)18(24)23-15-5-4-13(19)8-14(15)20/h3-8,10,22H,1-2H3,(H,23,24)/b12-10-. The molecule has 1 amide bonds. The van der Waals surface area contributed by atoms with Crippen LogP contribution in [0.3, 0.4) is 0 Å². The van der Waals surface area contributed by atoms with Crippen LogP contribution in [0.5, 0.6) is 5.75 Å². The summed E-state index contributed by atoms with van der Waals surface area (Å²) in [5.74, 6) is 0.00568. The van der Waals surface area contributed by atoms with E-state index < -0.39 is 5.91 Å². The highest BCUT2D eigenvalue weighted by molar-refractivity contribution is 6.36. The Bertz CT molecular complexity index is 873. The van der Waals surface area contributed by atoms with Crippen molar-refractivity contribution in [2.75, 3.05) is 17.7 Å². The maximum absolute atomic E-state index is 12.3. The SMILES string of the molecule is COc1ccc(C)cc1N/C=C(/C#N)C(=O)Nc1ccc(Cl)cc1Cl. The number of amides is 1. The molecule has 0 atom stereocenters. The molecule has 0 unspecified atom stereocenters. The predicted octanol–water partition coefficient (Wildman–Crippen LogP) is 4.77. The van der Waals surface area contributed by atoms with E-state index in [1.807, 2.05) is 25.1 Å². The first kappa shape index (κ1) is 18.7. The lowest BCUT2D eigenvalue weighted by Gasteiger charge is -2.10. The predicted molar refractivity (Wildman–Crippen MR) is 100 cm³/mol. The van der Waals surface area contributed by atoms with Gasteiger partial charge in [0.25, 0.3) is 5.91 Å². The lowest BCUT2D eigenvalue weighted by Crippen LogP contribution is -2.15. The molecule has 25 heavy (non-hydrogen) atoms. The number of nitrogens with one attached hydrogen (secondary N) is 2. The van der Waals surface area contributed by atoms with Gasteiger partial charge in [-0.2, -0.15) is 5.26 Å². The van der Waals surface area contributed by atoms with Crippen molar-refractivity contribution < 1.29 is 9.53 Å². The van der Waals surface area contributed by atoms with E-state index in [9.17, 15) is 10.1 Å². The Hall–Kier alpha value is -2.68. The molecule has 0 radical (unpaired) electrons. The van der Waals surface area contributed by atoms with Crippen molar-refractivity contribution >= 4 is 40.5 Å². The monoisotopic (exact) mass is 375 g/mol. The van der Waals surface area contributed by atoms with E-state index in [-0.39, 0.29) is 10.6 Å². The zero-order valence-electron chi connectivity index (χ0n) is 13.6. The van der Waals surface area contributed by atoms with Crippen molar-refractivity contribution in [2.45, 2.75) is 6.92 Å². The number of hydrogen-bond acceptors (Lipinski definition) is 4. The number of methoxy groups -OCH3 is 1. The molecule has 2 aromatic carbocycles. The molecule has 7 heteroatoms. The number of rotatable bonds is 5. The minimum atomic E-state index is -0.592. The molecule has 2 aromatic rings.